The Labute approximate surface area is 119 Å². The van der Waals surface area contributed by atoms with E-state index in [1.54, 1.807) is 4.57 Å². The van der Waals surface area contributed by atoms with Gasteiger partial charge < -0.3 is 31.2 Å². The fourth-order valence-electron chi connectivity index (χ4n) is 2.49. The predicted octanol–water partition coefficient (Wildman–Crippen LogP) is -1.74. The Balaban J connectivity index is 2.08. The van der Waals surface area contributed by atoms with Crippen LogP contribution in [0.1, 0.15) is 6.23 Å². The molecule has 3 rings (SSSR count). The molecule has 0 aliphatic carbocycles. The summed E-state index contributed by atoms with van der Waals surface area (Å²) in [6.45, 7) is -0.330. The maximum atomic E-state index is 10.1. The lowest BCUT2D eigenvalue weighted by molar-refractivity contribution is -0.0583. The van der Waals surface area contributed by atoms with E-state index in [1.165, 1.54) is 13.4 Å². The maximum absolute atomic E-state index is 10.1. The summed E-state index contributed by atoms with van der Waals surface area (Å²) < 4.78 is 12.4. The second-order valence-corrected chi connectivity index (χ2v) is 4.73. The highest BCUT2D eigenvalue weighted by Crippen LogP contribution is 2.33. The number of aliphatic hydroxyl groups is 2. The number of rotatable bonds is 3. The summed E-state index contributed by atoms with van der Waals surface area (Å²) in [6.07, 6.45) is -1.66. The lowest BCUT2D eigenvalue weighted by Crippen LogP contribution is -2.34. The number of fused-ring (bicyclic) bond motifs is 1. The second kappa shape index (κ2) is 5.07. The zero-order valence-corrected chi connectivity index (χ0v) is 11.2. The number of hydrogen-bond acceptors (Lipinski definition) is 9. The van der Waals surface area contributed by atoms with Crippen LogP contribution >= 0.6 is 0 Å². The minimum absolute atomic E-state index is 0.00738. The van der Waals surface area contributed by atoms with Crippen molar-refractivity contribution in [3.05, 3.63) is 6.33 Å². The molecule has 0 bridgehead atoms. The van der Waals surface area contributed by atoms with Crippen LogP contribution in [0.5, 0.6) is 0 Å². The molecule has 0 amide bonds. The third-order valence-corrected chi connectivity index (χ3v) is 3.50. The van der Waals surface area contributed by atoms with E-state index in [4.69, 9.17) is 20.9 Å². The number of aliphatic hydroxyl groups excluding tert-OH is 2. The molecule has 6 N–H and O–H groups in total. The highest BCUT2D eigenvalue weighted by atomic mass is 16.6. The smallest absolute Gasteiger partial charge is 0.224 e. The number of anilines is 2. The first-order chi connectivity index (χ1) is 10.1. The largest absolute Gasteiger partial charge is 0.394 e. The molecule has 10 nitrogen and oxygen atoms in total. The van der Waals surface area contributed by atoms with Gasteiger partial charge in [-0.3, -0.25) is 4.57 Å². The van der Waals surface area contributed by atoms with E-state index in [2.05, 4.69) is 15.0 Å². The second-order valence-electron chi connectivity index (χ2n) is 4.73. The third kappa shape index (κ3) is 2.08. The third-order valence-electron chi connectivity index (χ3n) is 3.50. The highest BCUT2D eigenvalue weighted by Gasteiger charge is 2.45. The maximum Gasteiger partial charge on any atom is 0.224 e. The fraction of sp³-hybridized carbons (Fsp3) is 0.545. The van der Waals surface area contributed by atoms with E-state index in [1.807, 2.05) is 0 Å². The van der Waals surface area contributed by atoms with Gasteiger partial charge >= 0.3 is 0 Å². The molecule has 1 aliphatic rings. The molecule has 0 aromatic carbocycles. The number of hydrogen-bond donors (Lipinski definition) is 4. The number of nitrogens with zero attached hydrogens (tertiary/aromatic N) is 4. The highest BCUT2D eigenvalue weighted by molar-refractivity contribution is 5.82. The van der Waals surface area contributed by atoms with Crippen LogP contribution in [0.2, 0.25) is 0 Å². The summed E-state index contributed by atoms with van der Waals surface area (Å²) in [4.78, 5) is 12.1. The lowest BCUT2D eigenvalue weighted by atomic mass is 10.1. The van der Waals surface area contributed by atoms with Crippen LogP contribution in [0.25, 0.3) is 11.2 Å². The van der Waals surface area contributed by atoms with E-state index < -0.39 is 24.5 Å². The molecule has 1 unspecified atom stereocenters. The minimum atomic E-state index is -0.973. The normalized spacial score (nSPS) is 29.3. The zero-order chi connectivity index (χ0) is 15.1. The van der Waals surface area contributed by atoms with E-state index in [0.717, 1.165) is 0 Å². The average molecular weight is 296 g/mol. The molecule has 2 aromatic rings. The van der Waals surface area contributed by atoms with E-state index in [-0.39, 0.29) is 18.4 Å². The van der Waals surface area contributed by atoms with Crippen LogP contribution in [-0.2, 0) is 9.47 Å². The van der Waals surface area contributed by atoms with Crippen molar-refractivity contribution in [1.29, 1.82) is 0 Å². The van der Waals surface area contributed by atoms with Crippen molar-refractivity contribution in [3.63, 3.8) is 0 Å². The van der Waals surface area contributed by atoms with Crippen molar-refractivity contribution in [1.82, 2.24) is 19.5 Å². The van der Waals surface area contributed by atoms with Gasteiger partial charge in [0.25, 0.3) is 0 Å². The summed E-state index contributed by atoms with van der Waals surface area (Å²) in [5.41, 5.74) is 12.1. The van der Waals surface area contributed by atoms with Crippen molar-refractivity contribution in [2.24, 2.45) is 0 Å². The molecular weight excluding hydrogens is 280 g/mol. The first-order valence-corrected chi connectivity index (χ1v) is 6.29. The van der Waals surface area contributed by atoms with Crippen LogP contribution in [0.15, 0.2) is 6.33 Å². The molecular formula is C11H16N6O4. The van der Waals surface area contributed by atoms with Gasteiger partial charge in [-0.2, -0.15) is 9.97 Å². The first kappa shape index (κ1) is 13.9. The molecule has 10 heteroatoms. The minimum Gasteiger partial charge on any atom is -0.394 e. The Morgan fingerprint density at radius 1 is 1.43 bits per heavy atom. The number of nitrogens with two attached hydrogens (primary N) is 2. The van der Waals surface area contributed by atoms with Crippen molar-refractivity contribution >= 4 is 22.9 Å². The van der Waals surface area contributed by atoms with Gasteiger partial charge in [0.15, 0.2) is 17.7 Å². The molecule has 0 radical (unpaired) electrons. The van der Waals surface area contributed by atoms with Gasteiger partial charge in [0.1, 0.15) is 23.8 Å². The van der Waals surface area contributed by atoms with Crippen LogP contribution < -0.4 is 11.5 Å². The summed E-state index contributed by atoms with van der Waals surface area (Å²) in [5, 5.41) is 19.3. The molecule has 0 spiro atoms. The van der Waals surface area contributed by atoms with E-state index >= 15 is 0 Å². The Hall–Kier alpha value is -2.01. The number of methoxy groups -OCH3 is 1. The Morgan fingerprint density at radius 3 is 2.86 bits per heavy atom. The van der Waals surface area contributed by atoms with Gasteiger partial charge in [-0.05, 0) is 0 Å². The van der Waals surface area contributed by atoms with Crippen LogP contribution in [0, 0.1) is 0 Å². The summed E-state index contributed by atoms with van der Waals surface area (Å²) in [7, 11) is 1.45. The zero-order valence-electron chi connectivity index (χ0n) is 11.2. The first-order valence-electron chi connectivity index (χ1n) is 6.29. The predicted molar refractivity (Wildman–Crippen MR) is 71.9 cm³/mol. The summed E-state index contributed by atoms with van der Waals surface area (Å²) in [5.74, 6) is 0.162. The van der Waals surface area contributed by atoms with Gasteiger partial charge in [0.05, 0.1) is 12.9 Å². The molecule has 0 saturated carbocycles. The van der Waals surface area contributed by atoms with Crippen LogP contribution in [0.4, 0.5) is 11.8 Å². The monoisotopic (exact) mass is 296 g/mol. The topological polar surface area (TPSA) is 155 Å². The quantitative estimate of drug-likeness (QED) is 0.516. The average Bonchev–Trinajstić information content (AvgIpc) is 2.99. The standard InChI is InChI=1S/C11H16N6O4/c1-20-7-6(19)4(2-18)21-10(7)17-3-14-5-8(12)15-11(13)16-9(5)17/h3-4,6-7,10,18-19H,2H2,1H3,(H4,12,13,15,16)/t4-,6+,7?,10-/m1/s1. The Kier molecular flexibility index (Phi) is 3.37. The van der Waals surface area contributed by atoms with Crippen LogP contribution in [0.3, 0.4) is 0 Å². The van der Waals surface area contributed by atoms with E-state index in [9.17, 15) is 10.2 Å². The van der Waals surface area contributed by atoms with Crippen molar-refractivity contribution in [2.75, 3.05) is 25.2 Å². The van der Waals surface area contributed by atoms with Crippen molar-refractivity contribution in [3.8, 4) is 0 Å². The fourth-order valence-corrected chi connectivity index (χ4v) is 2.49. The Bertz CT molecular complexity index is 661. The Morgan fingerprint density at radius 2 is 2.19 bits per heavy atom. The summed E-state index contributed by atoms with van der Waals surface area (Å²) >= 11 is 0. The molecule has 4 atom stereocenters. The number of aromatic nitrogens is 4. The summed E-state index contributed by atoms with van der Waals surface area (Å²) in [6, 6.07) is 0. The van der Waals surface area contributed by atoms with Gasteiger partial charge in [-0.25, -0.2) is 4.98 Å². The number of ether oxygens (including phenoxy) is 2. The van der Waals surface area contributed by atoms with Gasteiger partial charge in [0, 0.05) is 7.11 Å². The van der Waals surface area contributed by atoms with Crippen molar-refractivity contribution in [2.45, 2.75) is 24.5 Å². The van der Waals surface area contributed by atoms with Gasteiger partial charge in [-0.15, -0.1) is 0 Å². The molecule has 2 aromatic heterocycles. The van der Waals surface area contributed by atoms with Crippen molar-refractivity contribution < 1.29 is 19.7 Å². The molecule has 114 valence electrons. The number of nitrogen functional groups attached to an aromatic ring is 2. The number of imidazole rings is 1. The molecule has 1 saturated heterocycles. The van der Waals surface area contributed by atoms with Crippen LogP contribution in [-0.4, -0.2) is 61.8 Å². The molecule has 3 heterocycles. The van der Waals surface area contributed by atoms with Gasteiger partial charge in [-0.1, -0.05) is 0 Å². The lowest BCUT2D eigenvalue weighted by Gasteiger charge is -2.19. The van der Waals surface area contributed by atoms with E-state index in [0.29, 0.717) is 11.2 Å². The SMILES string of the molecule is COC1[C@@H](O)[C@@H](CO)O[C@H]1n1cnc2c(N)nc(N)nc21. The molecule has 1 aliphatic heterocycles. The molecule has 21 heavy (non-hydrogen) atoms. The molecule has 1 fully saturated rings. The van der Waals surface area contributed by atoms with Gasteiger partial charge in [0.2, 0.25) is 5.95 Å².